The Labute approximate surface area is 258 Å². The highest BCUT2D eigenvalue weighted by Gasteiger charge is 2.34. The van der Waals surface area contributed by atoms with E-state index in [1.165, 1.54) is 12.1 Å². The number of H-pyrrole nitrogens is 1. The number of hydrogen-bond acceptors (Lipinski definition) is 6. The van der Waals surface area contributed by atoms with E-state index >= 15 is 0 Å². The molecule has 0 radical (unpaired) electrons. The summed E-state index contributed by atoms with van der Waals surface area (Å²) < 4.78 is 48.6. The second kappa shape index (κ2) is 12.3. The van der Waals surface area contributed by atoms with E-state index in [0.717, 1.165) is 30.1 Å². The van der Waals surface area contributed by atoms with Crippen molar-refractivity contribution in [3.8, 4) is 22.8 Å². The Balaban J connectivity index is 1.24. The molecule has 0 saturated carbocycles. The Morgan fingerprint density at radius 3 is 2.49 bits per heavy atom. The number of nitrogens with two attached hydrogens (primary N) is 1. The third-order valence-corrected chi connectivity index (χ3v) is 8.04. The number of carbonyl (C=O) groups excluding carboxylic acids is 1. The summed E-state index contributed by atoms with van der Waals surface area (Å²) in [7, 11) is 2.00. The van der Waals surface area contributed by atoms with Crippen LogP contribution in [0.4, 0.5) is 24.5 Å². The van der Waals surface area contributed by atoms with Crippen molar-refractivity contribution in [2.24, 2.45) is 0 Å². The van der Waals surface area contributed by atoms with Crippen LogP contribution in [0.5, 0.6) is 11.5 Å². The number of ether oxygens (including phenoxy) is 1. The number of aryl methyl sites for hydroxylation is 1. The fourth-order valence-electron chi connectivity index (χ4n) is 5.43. The molecule has 3 aromatic carbocycles. The number of hydrogen-bond donors (Lipinski definition) is 3. The molecule has 0 bridgehead atoms. The SMILES string of the molecule is Cc1ccc(Oc2cc(-c3ccc(N)cc3)nc3[nH]ccc23)cc1C(=O)Nc1ccc(CN2CCN(C)CC2)c(C(F)(F)F)c1. The predicted molar refractivity (Wildman–Crippen MR) is 169 cm³/mol. The van der Waals surface area contributed by atoms with Crippen molar-refractivity contribution in [2.45, 2.75) is 19.6 Å². The number of rotatable bonds is 7. The van der Waals surface area contributed by atoms with E-state index in [1.54, 1.807) is 43.5 Å². The number of alkyl halides is 3. The van der Waals surface area contributed by atoms with E-state index in [2.05, 4.69) is 20.2 Å². The van der Waals surface area contributed by atoms with Gasteiger partial charge in [0.15, 0.2) is 0 Å². The molecule has 232 valence electrons. The van der Waals surface area contributed by atoms with Crippen LogP contribution in [-0.2, 0) is 12.7 Å². The zero-order valence-electron chi connectivity index (χ0n) is 24.9. The van der Waals surface area contributed by atoms with Gasteiger partial charge in [-0.1, -0.05) is 24.3 Å². The lowest BCUT2D eigenvalue weighted by Gasteiger charge is -2.33. The van der Waals surface area contributed by atoms with E-state index in [4.69, 9.17) is 10.5 Å². The van der Waals surface area contributed by atoms with Gasteiger partial charge >= 0.3 is 6.18 Å². The summed E-state index contributed by atoms with van der Waals surface area (Å²) in [6.07, 6.45) is -2.80. The van der Waals surface area contributed by atoms with Crippen molar-refractivity contribution in [3.05, 3.63) is 101 Å². The van der Waals surface area contributed by atoms with E-state index < -0.39 is 17.6 Å². The summed E-state index contributed by atoms with van der Waals surface area (Å²) in [5, 5.41) is 3.41. The number of likely N-dealkylation sites (N-methyl/N-ethyl adjacent to an activating group) is 1. The first-order valence-corrected chi connectivity index (χ1v) is 14.6. The number of nitrogen functional groups attached to an aromatic ring is 1. The lowest BCUT2D eigenvalue weighted by molar-refractivity contribution is -0.138. The molecule has 5 aromatic rings. The molecule has 45 heavy (non-hydrogen) atoms. The number of nitrogens with one attached hydrogen (secondary N) is 2. The molecule has 0 spiro atoms. The molecule has 4 N–H and O–H groups in total. The minimum absolute atomic E-state index is 0.0662. The molecule has 2 aromatic heterocycles. The Hall–Kier alpha value is -4.87. The van der Waals surface area contributed by atoms with Gasteiger partial charge in [-0.25, -0.2) is 4.98 Å². The average molecular weight is 615 g/mol. The number of fused-ring (bicyclic) bond motifs is 1. The van der Waals surface area contributed by atoms with Gasteiger partial charge < -0.3 is 25.7 Å². The van der Waals surface area contributed by atoms with Gasteiger partial charge in [0.25, 0.3) is 5.91 Å². The third-order valence-electron chi connectivity index (χ3n) is 8.04. The number of aromatic nitrogens is 2. The van der Waals surface area contributed by atoms with Crippen LogP contribution in [0.25, 0.3) is 22.3 Å². The van der Waals surface area contributed by atoms with E-state index in [0.29, 0.717) is 47.2 Å². The number of carbonyl (C=O) groups is 1. The minimum atomic E-state index is -4.56. The van der Waals surface area contributed by atoms with Crippen LogP contribution in [0.1, 0.15) is 27.0 Å². The fourth-order valence-corrected chi connectivity index (χ4v) is 5.43. The molecule has 1 aliphatic rings. The summed E-state index contributed by atoms with van der Waals surface area (Å²) in [6.45, 7) is 4.95. The van der Waals surface area contributed by atoms with Crippen molar-refractivity contribution >= 4 is 28.3 Å². The first kappa shape index (κ1) is 30.2. The van der Waals surface area contributed by atoms with Gasteiger partial charge in [0.2, 0.25) is 0 Å². The maximum Gasteiger partial charge on any atom is 0.416 e. The molecule has 0 unspecified atom stereocenters. The lowest BCUT2D eigenvalue weighted by atomic mass is 10.0. The van der Waals surface area contributed by atoms with Gasteiger partial charge in [0, 0.05) is 67.5 Å². The number of pyridine rings is 1. The highest BCUT2D eigenvalue weighted by Crippen LogP contribution is 2.36. The molecular weight excluding hydrogens is 581 g/mol. The molecule has 0 atom stereocenters. The number of piperazine rings is 1. The lowest BCUT2D eigenvalue weighted by Crippen LogP contribution is -2.44. The summed E-state index contributed by atoms with van der Waals surface area (Å²) in [5.74, 6) is 0.372. The van der Waals surface area contributed by atoms with Crippen molar-refractivity contribution < 1.29 is 22.7 Å². The van der Waals surface area contributed by atoms with E-state index in [9.17, 15) is 18.0 Å². The van der Waals surface area contributed by atoms with E-state index in [-0.39, 0.29) is 23.4 Å². The van der Waals surface area contributed by atoms with Gasteiger partial charge in [-0.05, 0) is 67.6 Å². The third kappa shape index (κ3) is 6.79. The molecule has 3 heterocycles. The minimum Gasteiger partial charge on any atom is -0.456 e. The topological polar surface area (TPSA) is 99.5 Å². The Morgan fingerprint density at radius 1 is 1.00 bits per heavy atom. The molecule has 1 amide bonds. The maximum absolute atomic E-state index is 14.1. The monoisotopic (exact) mass is 614 g/mol. The zero-order valence-corrected chi connectivity index (χ0v) is 24.9. The first-order valence-electron chi connectivity index (χ1n) is 14.6. The van der Waals surface area contributed by atoms with Gasteiger partial charge in [0.05, 0.1) is 16.6 Å². The van der Waals surface area contributed by atoms with Crippen LogP contribution in [0.3, 0.4) is 0 Å². The van der Waals surface area contributed by atoms with Crippen molar-refractivity contribution in [1.29, 1.82) is 0 Å². The Morgan fingerprint density at radius 2 is 1.76 bits per heavy atom. The molecule has 1 fully saturated rings. The number of anilines is 2. The molecule has 1 aliphatic heterocycles. The number of benzene rings is 3. The number of aromatic amines is 1. The zero-order chi connectivity index (χ0) is 31.7. The van der Waals surface area contributed by atoms with Crippen molar-refractivity contribution in [3.63, 3.8) is 0 Å². The molecule has 8 nitrogen and oxygen atoms in total. The average Bonchev–Trinajstić information content (AvgIpc) is 3.49. The number of nitrogens with zero attached hydrogens (tertiary/aromatic N) is 3. The van der Waals surface area contributed by atoms with Crippen LogP contribution in [-0.4, -0.2) is 58.9 Å². The summed E-state index contributed by atoms with van der Waals surface area (Å²) >= 11 is 0. The second-order valence-corrected chi connectivity index (χ2v) is 11.3. The van der Waals surface area contributed by atoms with Crippen LogP contribution >= 0.6 is 0 Å². The second-order valence-electron chi connectivity index (χ2n) is 11.3. The quantitative estimate of drug-likeness (QED) is 0.172. The van der Waals surface area contributed by atoms with Gasteiger partial charge in [0.1, 0.15) is 17.1 Å². The predicted octanol–water partition coefficient (Wildman–Crippen LogP) is 6.93. The normalized spacial score (nSPS) is 14.5. The summed E-state index contributed by atoms with van der Waals surface area (Å²) in [6, 6.07) is 20.0. The molecule has 0 aliphatic carbocycles. The summed E-state index contributed by atoms with van der Waals surface area (Å²) in [4.78, 5) is 25.3. The Kier molecular flexibility index (Phi) is 8.22. The van der Waals surface area contributed by atoms with Gasteiger partial charge in [-0.3, -0.25) is 9.69 Å². The number of halogens is 3. The number of amides is 1. The summed E-state index contributed by atoms with van der Waals surface area (Å²) in [5.41, 5.74) is 9.05. The van der Waals surface area contributed by atoms with Crippen LogP contribution in [0.2, 0.25) is 0 Å². The highest BCUT2D eigenvalue weighted by molar-refractivity contribution is 6.05. The van der Waals surface area contributed by atoms with Gasteiger partial charge in [-0.2, -0.15) is 13.2 Å². The molecule has 11 heteroatoms. The van der Waals surface area contributed by atoms with Crippen molar-refractivity contribution in [1.82, 2.24) is 19.8 Å². The maximum atomic E-state index is 14.1. The molecule has 6 rings (SSSR count). The standard InChI is InChI=1S/C34H33F3N6O2/c1-21-3-10-26(45-31-19-30(22-4-7-24(38)8-5-22)41-32-27(31)11-12-39-32)18-28(21)33(44)40-25-9-6-23(29(17-25)34(35,36)37)20-43-15-13-42(2)14-16-43/h3-12,17-19H,13-16,20,38H2,1-2H3,(H,39,41)(H,40,44). The highest BCUT2D eigenvalue weighted by atomic mass is 19.4. The largest absolute Gasteiger partial charge is 0.456 e. The molecular formula is C34H33F3N6O2. The van der Waals surface area contributed by atoms with Crippen molar-refractivity contribution in [2.75, 3.05) is 44.3 Å². The first-order chi connectivity index (χ1) is 21.5. The smallest absolute Gasteiger partial charge is 0.416 e. The van der Waals surface area contributed by atoms with Crippen LogP contribution in [0.15, 0.2) is 79.0 Å². The molecule has 1 saturated heterocycles. The van der Waals surface area contributed by atoms with E-state index in [1.807, 2.05) is 36.2 Å². The van der Waals surface area contributed by atoms with Crippen LogP contribution < -0.4 is 15.8 Å². The Bertz CT molecular complexity index is 1840. The van der Waals surface area contributed by atoms with Crippen LogP contribution in [0, 0.1) is 6.92 Å². The fraction of sp³-hybridized carbons (Fsp3) is 0.235. The van der Waals surface area contributed by atoms with Gasteiger partial charge in [-0.15, -0.1) is 0 Å².